The van der Waals surface area contributed by atoms with E-state index in [1.54, 1.807) is 0 Å². The Labute approximate surface area is 118 Å². The molecular formula is C14H21ClN2O2. The van der Waals surface area contributed by atoms with E-state index in [1.807, 2.05) is 18.5 Å². The van der Waals surface area contributed by atoms with Gasteiger partial charge in [-0.05, 0) is 26.2 Å². The lowest BCUT2D eigenvalue weighted by Crippen LogP contribution is -2.37. The smallest absolute Gasteiger partial charge is 0.133 e. The van der Waals surface area contributed by atoms with E-state index >= 15 is 0 Å². The summed E-state index contributed by atoms with van der Waals surface area (Å²) < 4.78 is 1.87. The molecule has 0 radical (unpaired) electrons. The quantitative estimate of drug-likeness (QED) is 0.924. The number of carbonyl (C=O) groups is 1. The van der Waals surface area contributed by atoms with Crippen LogP contribution in [0, 0.1) is 0 Å². The molecule has 1 heterocycles. The van der Waals surface area contributed by atoms with Gasteiger partial charge in [-0.25, -0.2) is 0 Å². The van der Waals surface area contributed by atoms with E-state index in [4.69, 9.17) is 11.6 Å². The van der Waals surface area contributed by atoms with Crippen molar-refractivity contribution in [1.82, 2.24) is 9.78 Å². The average molecular weight is 285 g/mol. The van der Waals surface area contributed by atoms with Crippen molar-refractivity contribution in [2.24, 2.45) is 0 Å². The molecule has 0 saturated heterocycles. The number of aromatic nitrogens is 2. The van der Waals surface area contributed by atoms with Crippen molar-refractivity contribution >= 4 is 17.4 Å². The SMILES string of the molecule is CCc1nn(CC)c(CC2(O)CCC(=O)CC2)c1Cl. The zero-order valence-corrected chi connectivity index (χ0v) is 12.3. The fourth-order valence-electron chi connectivity index (χ4n) is 2.67. The number of Topliss-reactive ketones (excluding diaryl/α,β-unsaturated/α-hetero) is 1. The van der Waals surface area contributed by atoms with Gasteiger partial charge in [-0.15, -0.1) is 0 Å². The zero-order chi connectivity index (χ0) is 14.0. The third kappa shape index (κ3) is 3.00. The minimum absolute atomic E-state index is 0.244. The molecule has 1 saturated carbocycles. The fraction of sp³-hybridized carbons (Fsp3) is 0.714. The second-order valence-electron chi connectivity index (χ2n) is 5.32. The van der Waals surface area contributed by atoms with Crippen LogP contribution in [-0.2, 0) is 24.2 Å². The summed E-state index contributed by atoms with van der Waals surface area (Å²) in [6.45, 7) is 4.77. The van der Waals surface area contributed by atoms with Gasteiger partial charge in [0, 0.05) is 25.8 Å². The molecule has 0 atom stereocenters. The molecular weight excluding hydrogens is 264 g/mol. The lowest BCUT2D eigenvalue weighted by molar-refractivity contribution is -0.125. The maximum absolute atomic E-state index is 11.3. The van der Waals surface area contributed by atoms with E-state index in [2.05, 4.69) is 5.10 Å². The highest BCUT2D eigenvalue weighted by Crippen LogP contribution is 2.33. The van der Waals surface area contributed by atoms with E-state index in [0.717, 1.165) is 24.4 Å². The average Bonchev–Trinajstić information content (AvgIpc) is 2.70. The van der Waals surface area contributed by atoms with Crippen molar-refractivity contribution in [3.8, 4) is 0 Å². The molecule has 1 aliphatic carbocycles. The number of rotatable bonds is 4. The molecule has 1 aliphatic rings. The van der Waals surface area contributed by atoms with Gasteiger partial charge in [0.2, 0.25) is 0 Å². The molecule has 4 nitrogen and oxygen atoms in total. The van der Waals surface area contributed by atoms with Crippen molar-refractivity contribution in [3.05, 3.63) is 16.4 Å². The number of hydrogen-bond acceptors (Lipinski definition) is 3. The normalized spacial score (nSPS) is 18.8. The van der Waals surface area contributed by atoms with Crippen LogP contribution in [0.25, 0.3) is 0 Å². The first-order valence-corrected chi connectivity index (χ1v) is 7.35. The summed E-state index contributed by atoms with van der Waals surface area (Å²) in [5, 5.41) is 15.8. The highest BCUT2D eigenvalue weighted by atomic mass is 35.5. The minimum Gasteiger partial charge on any atom is -0.389 e. The molecule has 0 aliphatic heterocycles. The van der Waals surface area contributed by atoms with Crippen LogP contribution in [0.5, 0.6) is 0 Å². The predicted molar refractivity (Wildman–Crippen MR) is 74.4 cm³/mol. The summed E-state index contributed by atoms with van der Waals surface area (Å²) in [5.74, 6) is 0.244. The molecule has 1 fully saturated rings. The van der Waals surface area contributed by atoms with E-state index in [-0.39, 0.29) is 5.78 Å². The molecule has 0 unspecified atom stereocenters. The molecule has 2 rings (SSSR count). The van der Waals surface area contributed by atoms with Crippen LogP contribution in [-0.4, -0.2) is 26.3 Å². The number of nitrogens with zero attached hydrogens (tertiary/aromatic N) is 2. The Morgan fingerprint density at radius 1 is 1.37 bits per heavy atom. The summed E-state index contributed by atoms with van der Waals surface area (Å²) >= 11 is 6.36. The number of aryl methyl sites for hydroxylation is 2. The molecule has 1 aromatic rings. The first-order chi connectivity index (χ1) is 8.99. The molecule has 5 heteroatoms. The summed E-state index contributed by atoms with van der Waals surface area (Å²) in [6.07, 6.45) is 3.26. The van der Waals surface area contributed by atoms with Crippen LogP contribution < -0.4 is 0 Å². The van der Waals surface area contributed by atoms with Gasteiger partial charge in [0.15, 0.2) is 0 Å². The summed E-state index contributed by atoms with van der Waals surface area (Å²) in [6, 6.07) is 0. The maximum Gasteiger partial charge on any atom is 0.133 e. The van der Waals surface area contributed by atoms with Gasteiger partial charge >= 0.3 is 0 Å². The molecule has 106 valence electrons. The maximum atomic E-state index is 11.3. The zero-order valence-electron chi connectivity index (χ0n) is 11.6. The van der Waals surface area contributed by atoms with E-state index < -0.39 is 5.60 Å². The van der Waals surface area contributed by atoms with Crippen LogP contribution in [0.15, 0.2) is 0 Å². The predicted octanol–water partition coefficient (Wildman–Crippen LogP) is 2.54. The van der Waals surface area contributed by atoms with E-state index in [9.17, 15) is 9.90 Å². The monoisotopic (exact) mass is 284 g/mol. The number of carbonyl (C=O) groups excluding carboxylic acids is 1. The van der Waals surface area contributed by atoms with Crippen LogP contribution in [0.3, 0.4) is 0 Å². The van der Waals surface area contributed by atoms with Gasteiger partial charge in [0.1, 0.15) is 5.78 Å². The lowest BCUT2D eigenvalue weighted by atomic mass is 9.81. The molecule has 1 aromatic heterocycles. The van der Waals surface area contributed by atoms with Crippen molar-refractivity contribution in [1.29, 1.82) is 0 Å². The van der Waals surface area contributed by atoms with Crippen LogP contribution >= 0.6 is 11.6 Å². The van der Waals surface area contributed by atoms with Gasteiger partial charge in [-0.1, -0.05) is 18.5 Å². The molecule has 19 heavy (non-hydrogen) atoms. The van der Waals surface area contributed by atoms with Crippen molar-refractivity contribution in [2.45, 2.75) is 64.5 Å². The molecule has 0 amide bonds. The Morgan fingerprint density at radius 2 is 2.00 bits per heavy atom. The van der Waals surface area contributed by atoms with Gasteiger partial charge in [0.25, 0.3) is 0 Å². The molecule has 0 aromatic carbocycles. The Balaban J connectivity index is 2.22. The van der Waals surface area contributed by atoms with Crippen molar-refractivity contribution in [2.75, 3.05) is 0 Å². The molecule has 0 spiro atoms. The van der Waals surface area contributed by atoms with Crippen LogP contribution in [0.1, 0.15) is 50.9 Å². The van der Waals surface area contributed by atoms with E-state index in [1.165, 1.54) is 0 Å². The Kier molecular flexibility index (Phi) is 4.31. The third-order valence-electron chi connectivity index (χ3n) is 3.93. The number of hydrogen-bond donors (Lipinski definition) is 1. The number of ketones is 1. The molecule has 0 bridgehead atoms. The Bertz CT molecular complexity index is 472. The number of halogens is 1. The Morgan fingerprint density at radius 3 is 2.53 bits per heavy atom. The topological polar surface area (TPSA) is 55.1 Å². The second-order valence-corrected chi connectivity index (χ2v) is 5.69. The summed E-state index contributed by atoms with van der Waals surface area (Å²) in [4.78, 5) is 11.3. The molecule has 1 N–H and O–H groups in total. The second kappa shape index (κ2) is 5.63. The van der Waals surface area contributed by atoms with Gasteiger partial charge in [-0.3, -0.25) is 9.48 Å². The fourth-order valence-corrected chi connectivity index (χ4v) is 3.00. The van der Waals surface area contributed by atoms with Crippen molar-refractivity contribution < 1.29 is 9.90 Å². The van der Waals surface area contributed by atoms with Gasteiger partial charge in [-0.2, -0.15) is 5.10 Å². The van der Waals surface area contributed by atoms with Gasteiger partial charge in [0.05, 0.1) is 22.0 Å². The third-order valence-corrected chi connectivity index (χ3v) is 4.37. The Hall–Kier alpha value is -0.870. The largest absolute Gasteiger partial charge is 0.389 e. The standard InChI is InChI=1S/C14H21ClN2O2/c1-3-11-13(15)12(17(4-2)16-11)9-14(19)7-5-10(18)6-8-14/h19H,3-9H2,1-2H3. The summed E-state index contributed by atoms with van der Waals surface area (Å²) in [5.41, 5.74) is 0.974. The van der Waals surface area contributed by atoms with E-state index in [0.29, 0.717) is 37.1 Å². The minimum atomic E-state index is -0.810. The highest BCUT2D eigenvalue weighted by molar-refractivity contribution is 6.31. The van der Waals surface area contributed by atoms with Crippen molar-refractivity contribution in [3.63, 3.8) is 0 Å². The van der Waals surface area contributed by atoms with Gasteiger partial charge < -0.3 is 5.11 Å². The lowest BCUT2D eigenvalue weighted by Gasteiger charge is -2.31. The van der Waals surface area contributed by atoms with Crippen LogP contribution in [0.2, 0.25) is 5.02 Å². The summed E-state index contributed by atoms with van der Waals surface area (Å²) in [7, 11) is 0. The first kappa shape index (κ1) is 14.5. The van der Waals surface area contributed by atoms with Crippen LogP contribution in [0.4, 0.5) is 0 Å². The number of aliphatic hydroxyl groups is 1. The highest BCUT2D eigenvalue weighted by Gasteiger charge is 2.34. The first-order valence-electron chi connectivity index (χ1n) is 6.97.